The number of aromatic amines is 1. The second kappa shape index (κ2) is 8.96. The van der Waals surface area contributed by atoms with E-state index >= 15 is 0 Å². The van der Waals surface area contributed by atoms with Crippen LogP contribution in [0.3, 0.4) is 0 Å². The van der Waals surface area contributed by atoms with Gasteiger partial charge in [0.05, 0.1) is 24.2 Å². The van der Waals surface area contributed by atoms with E-state index in [0.29, 0.717) is 24.3 Å². The van der Waals surface area contributed by atoms with Gasteiger partial charge in [-0.25, -0.2) is 19.3 Å². The minimum Gasteiger partial charge on any atom is -0.378 e. The molecular weight excluding hydrogens is 407 g/mol. The Hall–Kier alpha value is -2.84. The fourth-order valence-corrected chi connectivity index (χ4v) is 4.44. The maximum atomic E-state index is 14.5. The number of hydrogen-bond donors (Lipinski definition) is 2. The molecule has 2 fully saturated rings. The summed E-state index contributed by atoms with van der Waals surface area (Å²) in [5.74, 6) is 1.01. The molecule has 2 aromatic heterocycles. The zero-order chi connectivity index (χ0) is 22.1. The van der Waals surface area contributed by atoms with Gasteiger partial charge in [0, 0.05) is 24.3 Å². The summed E-state index contributed by atoms with van der Waals surface area (Å²) >= 11 is 0. The Kier molecular flexibility index (Phi) is 5.89. The summed E-state index contributed by atoms with van der Waals surface area (Å²) in [5.41, 5.74) is 2.91. The average Bonchev–Trinajstić information content (AvgIpc) is 3.24. The monoisotopic (exact) mass is 436 g/mol. The SMILES string of the molecule is CC1CC(c2ncc(-c3nc(Nc4ccc(C(C)N5CCC5)cc4)ncc3F)[nH]2)CCO1. The molecule has 7 nitrogen and oxygen atoms in total. The van der Waals surface area contributed by atoms with Crippen molar-refractivity contribution in [1.29, 1.82) is 0 Å². The first-order valence-electron chi connectivity index (χ1n) is 11.4. The molecule has 2 aliphatic rings. The Morgan fingerprint density at radius 2 is 2.00 bits per heavy atom. The first-order chi connectivity index (χ1) is 15.6. The van der Waals surface area contributed by atoms with Gasteiger partial charge in [0.1, 0.15) is 11.5 Å². The first kappa shape index (κ1) is 21.0. The minimum absolute atomic E-state index is 0.203. The summed E-state index contributed by atoms with van der Waals surface area (Å²) in [6, 6.07) is 8.68. The average molecular weight is 437 g/mol. The highest BCUT2D eigenvalue weighted by Gasteiger charge is 2.24. The Morgan fingerprint density at radius 3 is 2.72 bits per heavy atom. The first-order valence-corrected chi connectivity index (χ1v) is 11.4. The van der Waals surface area contributed by atoms with Crippen molar-refractivity contribution in [1.82, 2.24) is 24.8 Å². The number of anilines is 2. The van der Waals surface area contributed by atoms with E-state index in [0.717, 1.165) is 37.4 Å². The smallest absolute Gasteiger partial charge is 0.227 e. The highest BCUT2D eigenvalue weighted by Crippen LogP contribution is 2.30. The quantitative estimate of drug-likeness (QED) is 0.578. The third-order valence-corrected chi connectivity index (χ3v) is 6.55. The number of nitrogens with one attached hydrogen (secondary N) is 2. The maximum absolute atomic E-state index is 14.5. The Balaban J connectivity index is 1.31. The molecular formula is C24H29FN6O. The van der Waals surface area contributed by atoms with Crippen LogP contribution in [0.5, 0.6) is 0 Å². The molecule has 4 heterocycles. The number of hydrogen-bond acceptors (Lipinski definition) is 6. The van der Waals surface area contributed by atoms with Gasteiger partial charge in [-0.05, 0) is 63.9 Å². The van der Waals surface area contributed by atoms with Gasteiger partial charge in [-0.2, -0.15) is 0 Å². The number of aromatic nitrogens is 4. The van der Waals surface area contributed by atoms with E-state index in [-0.39, 0.29) is 17.7 Å². The van der Waals surface area contributed by atoms with E-state index in [1.807, 2.05) is 12.1 Å². The van der Waals surface area contributed by atoms with E-state index in [4.69, 9.17) is 4.74 Å². The molecule has 3 aromatic rings. The number of halogens is 1. The maximum Gasteiger partial charge on any atom is 0.227 e. The van der Waals surface area contributed by atoms with Crippen LogP contribution in [0.25, 0.3) is 11.4 Å². The van der Waals surface area contributed by atoms with Crippen LogP contribution < -0.4 is 5.32 Å². The Labute approximate surface area is 187 Å². The van der Waals surface area contributed by atoms with Crippen molar-refractivity contribution in [2.75, 3.05) is 25.0 Å². The number of nitrogens with zero attached hydrogens (tertiary/aromatic N) is 4. The third-order valence-electron chi connectivity index (χ3n) is 6.55. The van der Waals surface area contributed by atoms with Crippen LogP contribution in [0.1, 0.15) is 56.5 Å². The Morgan fingerprint density at radius 1 is 1.19 bits per heavy atom. The summed E-state index contributed by atoms with van der Waals surface area (Å²) in [6.45, 7) is 7.34. The van der Waals surface area contributed by atoms with Crippen molar-refractivity contribution >= 4 is 11.6 Å². The highest BCUT2D eigenvalue weighted by molar-refractivity contribution is 5.59. The minimum atomic E-state index is -0.482. The van der Waals surface area contributed by atoms with Crippen molar-refractivity contribution in [3.8, 4) is 11.4 Å². The van der Waals surface area contributed by atoms with Crippen molar-refractivity contribution < 1.29 is 9.13 Å². The van der Waals surface area contributed by atoms with Crippen LogP contribution >= 0.6 is 0 Å². The summed E-state index contributed by atoms with van der Waals surface area (Å²) in [4.78, 5) is 18.8. The standard InChI is InChI=1S/C24H29FN6O/c1-15-12-18(8-11-32-15)23-26-14-21(29-23)22-20(25)13-27-24(30-22)28-19-6-4-17(5-7-19)16(2)31-9-3-10-31/h4-7,13-16,18H,3,8-12H2,1-2H3,(H,26,29)(H,27,28,30). The van der Waals surface area contributed by atoms with Gasteiger partial charge in [-0.15, -0.1) is 0 Å². The third kappa shape index (κ3) is 4.38. The topological polar surface area (TPSA) is 79.0 Å². The van der Waals surface area contributed by atoms with Crippen LogP contribution in [0, 0.1) is 5.82 Å². The lowest BCUT2D eigenvalue weighted by molar-refractivity contribution is 0.0174. The van der Waals surface area contributed by atoms with Crippen LogP contribution in [0.2, 0.25) is 0 Å². The molecule has 3 unspecified atom stereocenters. The molecule has 0 saturated carbocycles. The van der Waals surface area contributed by atoms with Gasteiger partial charge < -0.3 is 15.0 Å². The van der Waals surface area contributed by atoms with E-state index in [1.165, 1.54) is 18.2 Å². The van der Waals surface area contributed by atoms with Gasteiger partial charge in [0.25, 0.3) is 0 Å². The molecule has 0 aliphatic carbocycles. The molecule has 5 rings (SSSR count). The summed E-state index contributed by atoms with van der Waals surface area (Å²) in [7, 11) is 0. The molecule has 168 valence electrons. The van der Waals surface area contributed by atoms with E-state index in [2.05, 4.69) is 56.1 Å². The van der Waals surface area contributed by atoms with Crippen molar-refractivity contribution in [2.45, 2.75) is 51.2 Å². The molecule has 0 bridgehead atoms. The van der Waals surface area contributed by atoms with Crippen molar-refractivity contribution in [3.63, 3.8) is 0 Å². The summed E-state index contributed by atoms with van der Waals surface area (Å²) in [6.07, 6.45) is 6.13. The number of H-pyrrole nitrogens is 1. The zero-order valence-corrected chi connectivity index (χ0v) is 18.5. The van der Waals surface area contributed by atoms with Crippen LogP contribution in [0.15, 0.2) is 36.7 Å². The van der Waals surface area contributed by atoms with E-state index in [9.17, 15) is 4.39 Å². The fourth-order valence-electron chi connectivity index (χ4n) is 4.44. The highest BCUT2D eigenvalue weighted by atomic mass is 19.1. The Bertz CT molecular complexity index is 1060. The van der Waals surface area contributed by atoms with Gasteiger partial charge in [-0.3, -0.25) is 4.90 Å². The molecule has 0 spiro atoms. The molecule has 0 amide bonds. The van der Waals surface area contributed by atoms with Gasteiger partial charge in [0.15, 0.2) is 5.82 Å². The van der Waals surface area contributed by atoms with E-state index < -0.39 is 5.82 Å². The molecule has 32 heavy (non-hydrogen) atoms. The molecule has 1 aromatic carbocycles. The number of rotatable bonds is 6. The van der Waals surface area contributed by atoms with Gasteiger partial charge >= 0.3 is 0 Å². The second-order valence-corrected chi connectivity index (χ2v) is 8.79. The second-order valence-electron chi connectivity index (χ2n) is 8.79. The largest absolute Gasteiger partial charge is 0.378 e. The number of imidazole rings is 1. The summed E-state index contributed by atoms with van der Waals surface area (Å²) in [5, 5.41) is 3.19. The molecule has 8 heteroatoms. The molecule has 2 saturated heterocycles. The van der Waals surface area contributed by atoms with Crippen LogP contribution in [-0.4, -0.2) is 50.6 Å². The lowest BCUT2D eigenvalue weighted by atomic mass is 9.96. The number of benzene rings is 1. The van der Waals surface area contributed by atoms with Crippen molar-refractivity contribution in [2.24, 2.45) is 0 Å². The van der Waals surface area contributed by atoms with E-state index in [1.54, 1.807) is 6.20 Å². The summed E-state index contributed by atoms with van der Waals surface area (Å²) < 4.78 is 20.2. The molecule has 2 N–H and O–H groups in total. The molecule has 3 atom stereocenters. The van der Waals surface area contributed by atoms with Crippen molar-refractivity contribution in [3.05, 3.63) is 53.9 Å². The predicted molar refractivity (Wildman–Crippen MR) is 121 cm³/mol. The van der Waals surface area contributed by atoms with Crippen LogP contribution in [-0.2, 0) is 4.74 Å². The lowest BCUT2D eigenvalue weighted by Crippen LogP contribution is -2.38. The molecule has 0 radical (unpaired) electrons. The van der Waals surface area contributed by atoms with Crippen LogP contribution in [0.4, 0.5) is 16.0 Å². The zero-order valence-electron chi connectivity index (χ0n) is 18.5. The van der Waals surface area contributed by atoms with Gasteiger partial charge in [0.2, 0.25) is 5.95 Å². The number of ether oxygens (including phenoxy) is 1. The van der Waals surface area contributed by atoms with Gasteiger partial charge in [-0.1, -0.05) is 12.1 Å². The lowest BCUT2D eigenvalue weighted by Gasteiger charge is -2.36. The normalized spacial score (nSPS) is 22.3. The molecule has 2 aliphatic heterocycles. The predicted octanol–water partition coefficient (Wildman–Crippen LogP) is 4.80. The number of likely N-dealkylation sites (tertiary alicyclic amines) is 1. The fraction of sp³-hybridized carbons (Fsp3) is 0.458.